The Balaban J connectivity index is 2.12. The van der Waals surface area contributed by atoms with Crippen molar-refractivity contribution in [3.05, 3.63) is 24.0 Å². The van der Waals surface area contributed by atoms with E-state index in [1.165, 1.54) is 6.42 Å². The van der Waals surface area contributed by atoms with Gasteiger partial charge in [0.25, 0.3) is 0 Å². The number of nitrogens with zero attached hydrogens (tertiary/aromatic N) is 1. The number of hydrogen-bond acceptors (Lipinski definition) is 4. The molecule has 1 aromatic rings. The maximum absolute atomic E-state index is 5.69. The highest BCUT2D eigenvalue weighted by molar-refractivity contribution is 5.26. The van der Waals surface area contributed by atoms with Crippen LogP contribution in [0.1, 0.15) is 37.3 Å². The zero-order chi connectivity index (χ0) is 13.0. The topological polar surface area (TPSA) is 43.4 Å². The van der Waals surface area contributed by atoms with Gasteiger partial charge in [-0.15, -0.1) is 0 Å². The molecular formula is C14H22N2O2. The Morgan fingerprint density at radius 1 is 1.39 bits per heavy atom. The number of pyridine rings is 1. The van der Waals surface area contributed by atoms with Crippen LogP contribution >= 0.6 is 0 Å². The van der Waals surface area contributed by atoms with E-state index in [4.69, 9.17) is 9.47 Å². The highest BCUT2D eigenvalue weighted by Gasteiger charge is 2.39. The third-order valence-electron chi connectivity index (χ3n) is 3.99. The van der Waals surface area contributed by atoms with Gasteiger partial charge in [-0.3, -0.25) is 4.98 Å². The number of hydrogen-bond donors (Lipinski definition) is 1. The summed E-state index contributed by atoms with van der Waals surface area (Å²) in [6, 6.07) is 2.30. The van der Waals surface area contributed by atoms with E-state index in [2.05, 4.69) is 10.3 Å². The van der Waals surface area contributed by atoms with Crippen molar-refractivity contribution in [3.8, 4) is 5.75 Å². The normalized spacial score (nSPS) is 19.1. The Hall–Kier alpha value is -1.13. The zero-order valence-corrected chi connectivity index (χ0v) is 11.4. The van der Waals surface area contributed by atoms with Crippen molar-refractivity contribution < 1.29 is 9.47 Å². The summed E-state index contributed by atoms with van der Waals surface area (Å²) >= 11 is 0. The minimum Gasteiger partial charge on any atom is -0.495 e. The molecule has 1 aliphatic carbocycles. The zero-order valence-electron chi connectivity index (χ0n) is 11.4. The lowest BCUT2D eigenvalue weighted by Crippen LogP contribution is -2.42. The number of aromatic nitrogens is 1. The first-order valence-electron chi connectivity index (χ1n) is 6.44. The van der Waals surface area contributed by atoms with E-state index in [-0.39, 0.29) is 11.6 Å². The van der Waals surface area contributed by atoms with Gasteiger partial charge in [0.1, 0.15) is 5.75 Å². The molecule has 18 heavy (non-hydrogen) atoms. The predicted molar refractivity (Wildman–Crippen MR) is 70.8 cm³/mol. The highest BCUT2D eigenvalue weighted by atomic mass is 16.5. The first-order chi connectivity index (χ1) is 8.73. The quantitative estimate of drug-likeness (QED) is 0.841. The van der Waals surface area contributed by atoms with Crippen LogP contribution in [0.3, 0.4) is 0 Å². The van der Waals surface area contributed by atoms with Crippen LogP contribution in [0, 0.1) is 0 Å². The molecule has 1 aromatic heterocycles. The maximum Gasteiger partial charge on any atom is 0.137 e. The van der Waals surface area contributed by atoms with Crippen molar-refractivity contribution in [3.63, 3.8) is 0 Å². The molecule has 0 aromatic carbocycles. The minimum absolute atomic E-state index is 0.0523. The second kappa shape index (κ2) is 5.67. The van der Waals surface area contributed by atoms with Crippen LogP contribution in [0.25, 0.3) is 0 Å². The fraction of sp³-hybridized carbons (Fsp3) is 0.643. The fourth-order valence-corrected chi connectivity index (χ4v) is 2.56. The second-order valence-corrected chi connectivity index (χ2v) is 4.94. The van der Waals surface area contributed by atoms with E-state index in [0.717, 1.165) is 30.6 Å². The number of methoxy groups -OCH3 is 2. The van der Waals surface area contributed by atoms with Gasteiger partial charge in [0.15, 0.2) is 0 Å². The van der Waals surface area contributed by atoms with Crippen LogP contribution in [0.4, 0.5) is 0 Å². The Bertz CT molecular complexity index is 386. The van der Waals surface area contributed by atoms with Gasteiger partial charge in [0.05, 0.1) is 18.9 Å². The van der Waals surface area contributed by atoms with E-state index in [0.29, 0.717) is 0 Å². The molecule has 1 aliphatic rings. The number of rotatable bonds is 6. The SMILES string of the molecule is CNC(CC1(OC)CCC1)c1cncc(OC)c1. The van der Waals surface area contributed by atoms with Crippen molar-refractivity contribution in [2.24, 2.45) is 0 Å². The van der Waals surface area contributed by atoms with E-state index in [1.807, 2.05) is 26.4 Å². The van der Waals surface area contributed by atoms with Crippen molar-refractivity contribution in [1.29, 1.82) is 0 Å². The molecule has 1 unspecified atom stereocenters. The summed E-state index contributed by atoms with van der Waals surface area (Å²) in [6.45, 7) is 0. The van der Waals surface area contributed by atoms with Gasteiger partial charge < -0.3 is 14.8 Å². The summed E-state index contributed by atoms with van der Waals surface area (Å²) in [5.41, 5.74) is 1.21. The first-order valence-corrected chi connectivity index (χ1v) is 6.44. The third kappa shape index (κ3) is 2.65. The molecule has 0 amide bonds. The Labute approximate surface area is 109 Å². The summed E-state index contributed by atoms with van der Waals surface area (Å²) in [6.07, 6.45) is 8.17. The number of nitrogens with one attached hydrogen (secondary N) is 1. The molecule has 100 valence electrons. The van der Waals surface area contributed by atoms with E-state index < -0.39 is 0 Å². The number of ether oxygens (including phenoxy) is 2. The van der Waals surface area contributed by atoms with Gasteiger partial charge in [0.2, 0.25) is 0 Å². The first kappa shape index (κ1) is 13.3. The summed E-state index contributed by atoms with van der Waals surface area (Å²) < 4.78 is 10.9. The predicted octanol–water partition coefficient (Wildman–Crippen LogP) is 2.31. The summed E-state index contributed by atoms with van der Waals surface area (Å²) in [5, 5.41) is 3.35. The molecule has 2 rings (SSSR count). The van der Waals surface area contributed by atoms with Crippen molar-refractivity contribution in [2.45, 2.75) is 37.3 Å². The molecule has 4 heteroatoms. The fourth-order valence-electron chi connectivity index (χ4n) is 2.56. The van der Waals surface area contributed by atoms with Gasteiger partial charge in [-0.2, -0.15) is 0 Å². The minimum atomic E-state index is 0.0523. The monoisotopic (exact) mass is 250 g/mol. The standard InChI is InChI=1S/C14H22N2O2/c1-15-13(8-14(18-3)5-4-6-14)11-7-12(17-2)10-16-9-11/h7,9-10,13,15H,4-6,8H2,1-3H3. The molecule has 1 saturated carbocycles. The molecule has 0 bridgehead atoms. The van der Waals surface area contributed by atoms with Gasteiger partial charge in [0, 0.05) is 19.3 Å². The van der Waals surface area contributed by atoms with E-state index in [9.17, 15) is 0 Å². The van der Waals surface area contributed by atoms with E-state index >= 15 is 0 Å². The van der Waals surface area contributed by atoms with Crippen LogP contribution < -0.4 is 10.1 Å². The Kier molecular flexibility index (Phi) is 4.19. The van der Waals surface area contributed by atoms with Gasteiger partial charge in [-0.25, -0.2) is 0 Å². The third-order valence-corrected chi connectivity index (χ3v) is 3.99. The van der Waals surface area contributed by atoms with Crippen LogP contribution in [0.2, 0.25) is 0 Å². The summed E-state index contributed by atoms with van der Waals surface area (Å²) in [5.74, 6) is 0.799. The Morgan fingerprint density at radius 2 is 2.17 bits per heavy atom. The van der Waals surface area contributed by atoms with Crippen LogP contribution in [-0.4, -0.2) is 31.9 Å². The summed E-state index contributed by atoms with van der Waals surface area (Å²) in [7, 11) is 5.46. The highest BCUT2D eigenvalue weighted by Crippen LogP contribution is 2.41. The molecular weight excluding hydrogens is 228 g/mol. The van der Waals surface area contributed by atoms with Crippen molar-refractivity contribution >= 4 is 0 Å². The molecule has 1 fully saturated rings. The molecule has 4 nitrogen and oxygen atoms in total. The molecule has 1 atom stereocenters. The van der Waals surface area contributed by atoms with Crippen molar-refractivity contribution in [2.75, 3.05) is 21.3 Å². The van der Waals surface area contributed by atoms with Gasteiger partial charge >= 0.3 is 0 Å². The lowest BCUT2D eigenvalue weighted by molar-refractivity contribution is -0.0834. The van der Waals surface area contributed by atoms with Crippen LogP contribution in [-0.2, 0) is 4.74 Å². The Morgan fingerprint density at radius 3 is 2.67 bits per heavy atom. The molecule has 1 N–H and O–H groups in total. The lowest BCUT2D eigenvalue weighted by atomic mass is 9.75. The lowest BCUT2D eigenvalue weighted by Gasteiger charge is -2.42. The molecule has 0 spiro atoms. The molecule has 0 radical (unpaired) electrons. The van der Waals surface area contributed by atoms with E-state index in [1.54, 1.807) is 13.3 Å². The van der Waals surface area contributed by atoms with Crippen LogP contribution in [0.5, 0.6) is 5.75 Å². The van der Waals surface area contributed by atoms with Gasteiger partial charge in [-0.1, -0.05) is 0 Å². The smallest absolute Gasteiger partial charge is 0.137 e. The summed E-state index contributed by atoms with van der Waals surface area (Å²) in [4.78, 5) is 4.22. The van der Waals surface area contributed by atoms with Gasteiger partial charge in [-0.05, 0) is 44.4 Å². The maximum atomic E-state index is 5.69. The average Bonchev–Trinajstić information content (AvgIpc) is 2.38. The van der Waals surface area contributed by atoms with Crippen molar-refractivity contribution in [1.82, 2.24) is 10.3 Å². The molecule has 1 heterocycles. The average molecular weight is 250 g/mol. The molecule has 0 aliphatic heterocycles. The second-order valence-electron chi connectivity index (χ2n) is 4.94. The van der Waals surface area contributed by atoms with Crippen LogP contribution in [0.15, 0.2) is 18.5 Å². The molecule has 0 saturated heterocycles. The largest absolute Gasteiger partial charge is 0.495 e.